The van der Waals surface area contributed by atoms with Crippen LogP contribution in [0.25, 0.3) is 0 Å². The number of benzene rings is 2. The third-order valence-electron chi connectivity index (χ3n) is 6.27. The maximum atomic E-state index is 6.35. The predicted molar refractivity (Wildman–Crippen MR) is 127 cm³/mol. The van der Waals surface area contributed by atoms with Gasteiger partial charge in [-0.05, 0) is 42.7 Å². The lowest BCUT2D eigenvalue weighted by Crippen LogP contribution is -2.32. The Bertz CT molecular complexity index is 1110. The van der Waals surface area contributed by atoms with Crippen LogP contribution in [0.2, 0.25) is 0 Å². The average molecular weight is 447 g/mol. The molecule has 0 saturated carbocycles. The zero-order chi connectivity index (χ0) is 22.6. The van der Waals surface area contributed by atoms with Crippen LogP contribution in [0.1, 0.15) is 29.7 Å². The highest BCUT2D eigenvalue weighted by molar-refractivity contribution is 5.45. The molecule has 0 spiro atoms. The van der Waals surface area contributed by atoms with Gasteiger partial charge in [-0.2, -0.15) is 4.98 Å². The van der Waals surface area contributed by atoms with E-state index in [4.69, 9.17) is 24.2 Å². The largest absolute Gasteiger partial charge is 0.497 e. The molecule has 1 fully saturated rings. The van der Waals surface area contributed by atoms with Crippen molar-refractivity contribution in [2.75, 3.05) is 38.8 Å². The van der Waals surface area contributed by atoms with E-state index in [9.17, 15) is 0 Å². The van der Waals surface area contributed by atoms with Gasteiger partial charge in [-0.3, -0.25) is 4.90 Å². The molecular formula is C26H30N4O3. The van der Waals surface area contributed by atoms with E-state index in [1.165, 1.54) is 18.4 Å². The summed E-state index contributed by atoms with van der Waals surface area (Å²) in [6.07, 6.45) is 3.23. The summed E-state index contributed by atoms with van der Waals surface area (Å²) in [6, 6.07) is 15.9. The van der Waals surface area contributed by atoms with Gasteiger partial charge >= 0.3 is 0 Å². The molecule has 7 heteroatoms. The van der Waals surface area contributed by atoms with Crippen molar-refractivity contribution in [2.45, 2.75) is 32.4 Å². The van der Waals surface area contributed by atoms with Crippen molar-refractivity contribution in [3.8, 4) is 23.1 Å². The Labute approximate surface area is 194 Å². The van der Waals surface area contributed by atoms with E-state index in [0.29, 0.717) is 11.6 Å². The van der Waals surface area contributed by atoms with Crippen molar-refractivity contribution in [3.63, 3.8) is 0 Å². The highest BCUT2D eigenvalue weighted by atomic mass is 16.5. The lowest BCUT2D eigenvalue weighted by Gasteiger charge is -2.30. The molecule has 0 aliphatic carbocycles. The van der Waals surface area contributed by atoms with Crippen molar-refractivity contribution in [1.82, 2.24) is 14.9 Å². The van der Waals surface area contributed by atoms with Gasteiger partial charge in [-0.1, -0.05) is 18.2 Å². The van der Waals surface area contributed by atoms with Gasteiger partial charge in [0.15, 0.2) is 0 Å². The molecule has 1 saturated heterocycles. The first-order valence-corrected chi connectivity index (χ1v) is 11.5. The molecule has 0 radical (unpaired) electrons. The number of hydrogen-bond donors (Lipinski definition) is 0. The lowest BCUT2D eigenvalue weighted by atomic mass is 10.1. The fourth-order valence-corrected chi connectivity index (χ4v) is 4.51. The average Bonchev–Trinajstić information content (AvgIpc) is 3.39. The maximum Gasteiger partial charge on any atom is 0.228 e. The number of nitrogens with zero attached hydrogens (tertiary/aromatic N) is 4. The Morgan fingerprint density at radius 2 is 1.58 bits per heavy atom. The normalized spacial score (nSPS) is 15.9. The van der Waals surface area contributed by atoms with Crippen molar-refractivity contribution in [3.05, 3.63) is 65.4 Å². The van der Waals surface area contributed by atoms with Gasteiger partial charge in [0.25, 0.3) is 0 Å². The number of ether oxygens (including phenoxy) is 3. The molecule has 0 atom stereocenters. The van der Waals surface area contributed by atoms with Crippen LogP contribution in [0.3, 0.4) is 0 Å². The van der Waals surface area contributed by atoms with E-state index >= 15 is 0 Å². The summed E-state index contributed by atoms with van der Waals surface area (Å²) in [6.45, 7) is 4.52. The standard InChI is InChI=1S/C26H30N4O3/c1-31-20-8-5-7-19(15-20)17-29-14-11-24-23(18-29)25(28-26(27-24)30-12-3-4-13-30)33-22-10-6-9-21(16-22)32-2/h5-10,15-16H,3-4,11-14,17-18H2,1-2H3. The molecule has 5 rings (SSSR count). The van der Waals surface area contributed by atoms with Crippen LogP contribution in [0.15, 0.2) is 48.5 Å². The van der Waals surface area contributed by atoms with Crippen LogP contribution < -0.4 is 19.1 Å². The smallest absolute Gasteiger partial charge is 0.228 e. The quantitative estimate of drug-likeness (QED) is 0.532. The zero-order valence-corrected chi connectivity index (χ0v) is 19.3. The van der Waals surface area contributed by atoms with Gasteiger partial charge in [-0.15, -0.1) is 0 Å². The van der Waals surface area contributed by atoms with Crippen LogP contribution in [-0.2, 0) is 19.5 Å². The highest BCUT2D eigenvalue weighted by Gasteiger charge is 2.26. The van der Waals surface area contributed by atoms with Crippen LogP contribution in [0.4, 0.5) is 5.95 Å². The predicted octanol–water partition coefficient (Wildman–Crippen LogP) is 4.44. The summed E-state index contributed by atoms with van der Waals surface area (Å²) in [4.78, 5) is 14.5. The summed E-state index contributed by atoms with van der Waals surface area (Å²) in [5, 5.41) is 0. The molecule has 3 aromatic rings. The van der Waals surface area contributed by atoms with Crippen molar-refractivity contribution in [1.29, 1.82) is 0 Å². The van der Waals surface area contributed by atoms with Crippen LogP contribution in [-0.4, -0.2) is 48.7 Å². The Hall–Kier alpha value is -3.32. The molecule has 33 heavy (non-hydrogen) atoms. The van der Waals surface area contributed by atoms with E-state index in [-0.39, 0.29) is 0 Å². The lowest BCUT2D eigenvalue weighted by molar-refractivity contribution is 0.238. The summed E-state index contributed by atoms with van der Waals surface area (Å²) >= 11 is 0. The van der Waals surface area contributed by atoms with Gasteiger partial charge in [0.1, 0.15) is 17.2 Å². The molecule has 2 aliphatic heterocycles. The molecule has 0 amide bonds. The topological polar surface area (TPSA) is 60.0 Å². The minimum Gasteiger partial charge on any atom is -0.497 e. The van der Waals surface area contributed by atoms with E-state index in [2.05, 4.69) is 21.9 Å². The first-order valence-electron chi connectivity index (χ1n) is 11.5. The molecule has 2 aromatic carbocycles. The number of fused-ring (bicyclic) bond motifs is 1. The zero-order valence-electron chi connectivity index (χ0n) is 19.3. The minimum absolute atomic E-state index is 0.644. The Morgan fingerprint density at radius 1 is 0.848 bits per heavy atom. The molecule has 2 aliphatic rings. The number of anilines is 1. The van der Waals surface area contributed by atoms with E-state index in [1.54, 1.807) is 14.2 Å². The molecule has 0 N–H and O–H groups in total. The first-order chi connectivity index (χ1) is 16.2. The molecule has 172 valence electrons. The van der Waals surface area contributed by atoms with E-state index < -0.39 is 0 Å². The first kappa shape index (κ1) is 21.5. The molecule has 7 nitrogen and oxygen atoms in total. The molecular weight excluding hydrogens is 416 g/mol. The highest BCUT2D eigenvalue weighted by Crippen LogP contribution is 2.33. The van der Waals surface area contributed by atoms with Gasteiger partial charge < -0.3 is 19.1 Å². The fourth-order valence-electron chi connectivity index (χ4n) is 4.51. The van der Waals surface area contributed by atoms with Crippen molar-refractivity contribution >= 4 is 5.95 Å². The van der Waals surface area contributed by atoms with Crippen molar-refractivity contribution in [2.24, 2.45) is 0 Å². The fraction of sp³-hybridized carbons (Fsp3) is 0.385. The summed E-state index contributed by atoms with van der Waals surface area (Å²) in [7, 11) is 3.36. The minimum atomic E-state index is 0.644. The maximum absolute atomic E-state index is 6.35. The third kappa shape index (κ3) is 4.88. The molecule has 0 unspecified atom stereocenters. The van der Waals surface area contributed by atoms with E-state index in [0.717, 1.165) is 67.8 Å². The third-order valence-corrected chi connectivity index (χ3v) is 6.27. The molecule has 0 bridgehead atoms. The Balaban J connectivity index is 1.44. The van der Waals surface area contributed by atoms with Gasteiger partial charge in [0.2, 0.25) is 11.8 Å². The second kappa shape index (κ2) is 9.67. The monoisotopic (exact) mass is 446 g/mol. The van der Waals surface area contributed by atoms with Crippen LogP contribution >= 0.6 is 0 Å². The Kier molecular flexibility index (Phi) is 6.30. The van der Waals surface area contributed by atoms with Crippen LogP contribution in [0.5, 0.6) is 23.1 Å². The number of methoxy groups -OCH3 is 2. The second-order valence-corrected chi connectivity index (χ2v) is 8.54. The number of hydrogen-bond acceptors (Lipinski definition) is 7. The number of rotatable bonds is 7. The Morgan fingerprint density at radius 3 is 2.36 bits per heavy atom. The molecule has 1 aromatic heterocycles. The SMILES string of the molecule is COc1cccc(CN2CCc3nc(N4CCCC4)nc(Oc4cccc(OC)c4)c3C2)c1. The number of aromatic nitrogens is 2. The summed E-state index contributed by atoms with van der Waals surface area (Å²) < 4.78 is 17.1. The van der Waals surface area contributed by atoms with Gasteiger partial charge in [0.05, 0.1) is 25.5 Å². The van der Waals surface area contributed by atoms with Crippen LogP contribution in [0, 0.1) is 0 Å². The summed E-state index contributed by atoms with van der Waals surface area (Å²) in [5.41, 5.74) is 3.38. The van der Waals surface area contributed by atoms with Gasteiger partial charge in [-0.25, -0.2) is 4.98 Å². The second-order valence-electron chi connectivity index (χ2n) is 8.54. The van der Waals surface area contributed by atoms with Gasteiger partial charge in [0, 0.05) is 45.2 Å². The summed E-state index contributed by atoms with van der Waals surface area (Å²) in [5.74, 6) is 3.78. The molecule has 3 heterocycles. The van der Waals surface area contributed by atoms with E-state index in [1.807, 2.05) is 36.4 Å². The van der Waals surface area contributed by atoms with Crippen molar-refractivity contribution < 1.29 is 14.2 Å².